The van der Waals surface area contributed by atoms with Gasteiger partial charge in [-0.25, -0.2) is 8.42 Å². The fraction of sp³-hybridized carbons (Fsp3) is 0.238. The molecule has 0 radical (unpaired) electrons. The molecule has 2 rings (SSSR count). The van der Waals surface area contributed by atoms with E-state index in [0.717, 1.165) is 22.9 Å². The number of sulfone groups is 1. The van der Waals surface area contributed by atoms with E-state index < -0.39 is 9.84 Å². The van der Waals surface area contributed by atoms with Crippen LogP contribution >= 0.6 is 0 Å². The Kier molecular flexibility index (Phi) is 6.91. The largest absolute Gasteiger partial charge is 0.372 e. The van der Waals surface area contributed by atoms with Crippen LogP contribution in [0.15, 0.2) is 48.5 Å². The third kappa shape index (κ3) is 7.47. The summed E-state index contributed by atoms with van der Waals surface area (Å²) in [6.07, 6.45) is 6.68. The van der Waals surface area contributed by atoms with E-state index >= 15 is 0 Å². The fourth-order valence-electron chi connectivity index (χ4n) is 2.47. The van der Waals surface area contributed by atoms with Crippen molar-refractivity contribution in [3.05, 3.63) is 65.2 Å². The Bertz CT molecular complexity index is 953. The van der Waals surface area contributed by atoms with E-state index in [1.165, 1.54) is 0 Å². The predicted molar refractivity (Wildman–Crippen MR) is 106 cm³/mol. The van der Waals surface area contributed by atoms with E-state index in [2.05, 4.69) is 11.2 Å². The molecule has 0 atom stereocenters. The lowest BCUT2D eigenvalue weighted by atomic mass is 10.0. The summed E-state index contributed by atoms with van der Waals surface area (Å²) < 4.78 is 22.3. The van der Waals surface area contributed by atoms with Gasteiger partial charge in [-0.2, -0.15) is 0 Å². The van der Waals surface area contributed by atoms with Crippen molar-refractivity contribution >= 4 is 27.1 Å². The lowest BCUT2D eigenvalue weighted by molar-refractivity contribution is -0.126. The Labute approximate surface area is 159 Å². The van der Waals surface area contributed by atoms with Gasteiger partial charge in [0.05, 0.1) is 6.42 Å². The molecule has 2 aromatic carbocycles. The quantitative estimate of drug-likeness (QED) is 0.531. The standard InChI is InChI=1S/C21H21NO4S/c1-3-16-4-6-17(7-5-16)12-20(23)14-21(24)13-18-8-10-19(11-9-18)22-15-27(2,25)26/h1,4-11,22H,12-15H2,2H3. The Morgan fingerprint density at radius 3 is 1.85 bits per heavy atom. The van der Waals surface area contributed by atoms with Gasteiger partial charge in [-0.1, -0.05) is 30.2 Å². The van der Waals surface area contributed by atoms with Gasteiger partial charge in [-0.15, -0.1) is 6.42 Å². The second-order valence-corrected chi connectivity index (χ2v) is 8.53. The fourth-order valence-corrected chi connectivity index (χ4v) is 2.90. The van der Waals surface area contributed by atoms with Crippen LogP contribution in [0.4, 0.5) is 5.69 Å². The SMILES string of the molecule is C#Cc1ccc(CC(=O)CC(=O)Cc2ccc(NCS(C)(=O)=O)cc2)cc1. The van der Waals surface area contributed by atoms with E-state index in [-0.39, 0.29) is 36.7 Å². The lowest BCUT2D eigenvalue weighted by Gasteiger charge is -2.06. The molecule has 0 saturated carbocycles. The first kappa shape index (κ1) is 20.4. The maximum Gasteiger partial charge on any atom is 0.165 e. The monoisotopic (exact) mass is 383 g/mol. The molecule has 0 aromatic heterocycles. The summed E-state index contributed by atoms with van der Waals surface area (Å²) in [7, 11) is -3.11. The molecule has 2 aromatic rings. The van der Waals surface area contributed by atoms with Crippen molar-refractivity contribution in [3.63, 3.8) is 0 Å². The first-order chi connectivity index (χ1) is 12.7. The average molecular weight is 383 g/mol. The van der Waals surface area contributed by atoms with Crippen LogP contribution in [0, 0.1) is 12.3 Å². The minimum Gasteiger partial charge on any atom is -0.372 e. The van der Waals surface area contributed by atoms with Gasteiger partial charge in [0.2, 0.25) is 0 Å². The highest BCUT2D eigenvalue weighted by Crippen LogP contribution is 2.12. The van der Waals surface area contributed by atoms with Crippen LogP contribution in [-0.4, -0.2) is 32.1 Å². The normalized spacial score (nSPS) is 10.8. The van der Waals surface area contributed by atoms with Crippen LogP contribution in [0.2, 0.25) is 0 Å². The smallest absolute Gasteiger partial charge is 0.165 e. The third-order valence-corrected chi connectivity index (χ3v) is 4.48. The van der Waals surface area contributed by atoms with E-state index in [1.54, 1.807) is 48.5 Å². The first-order valence-corrected chi connectivity index (χ1v) is 10.4. The van der Waals surface area contributed by atoms with Crippen LogP contribution < -0.4 is 5.32 Å². The van der Waals surface area contributed by atoms with Crippen molar-refractivity contribution < 1.29 is 18.0 Å². The number of benzene rings is 2. The number of carbonyl (C=O) groups excluding carboxylic acids is 2. The summed E-state index contributed by atoms with van der Waals surface area (Å²) in [5, 5.41) is 2.79. The second-order valence-electron chi connectivity index (χ2n) is 6.39. The maximum atomic E-state index is 12.1. The zero-order chi connectivity index (χ0) is 19.9. The Morgan fingerprint density at radius 2 is 1.41 bits per heavy atom. The summed E-state index contributed by atoms with van der Waals surface area (Å²) in [5.41, 5.74) is 3.00. The highest BCUT2D eigenvalue weighted by atomic mass is 32.2. The van der Waals surface area contributed by atoms with Crippen LogP contribution in [0.25, 0.3) is 0 Å². The minimum atomic E-state index is -3.11. The summed E-state index contributed by atoms with van der Waals surface area (Å²) in [5.74, 6) is 2.07. The van der Waals surface area contributed by atoms with Crippen molar-refractivity contribution in [1.82, 2.24) is 0 Å². The van der Waals surface area contributed by atoms with Crippen molar-refractivity contribution in [2.45, 2.75) is 19.3 Å². The zero-order valence-electron chi connectivity index (χ0n) is 15.1. The van der Waals surface area contributed by atoms with Gasteiger partial charge in [0.25, 0.3) is 0 Å². The molecule has 0 saturated heterocycles. The number of carbonyl (C=O) groups is 2. The molecule has 0 heterocycles. The minimum absolute atomic E-state index is 0.120. The van der Waals surface area contributed by atoms with Crippen molar-refractivity contribution in [3.8, 4) is 12.3 Å². The summed E-state index contributed by atoms with van der Waals surface area (Å²) in [6, 6.07) is 14.0. The van der Waals surface area contributed by atoms with Crippen LogP contribution in [0.3, 0.4) is 0 Å². The van der Waals surface area contributed by atoms with Gasteiger partial charge in [0.15, 0.2) is 9.84 Å². The van der Waals surface area contributed by atoms with Crippen LogP contribution in [0.1, 0.15) is 23.1 Å². The van der Waals surface area contributed by atoms with Gasteiger partial charge < -0.3 is 5.32 Å². The highest BCUT2D eigenvalue weighted by molar-refractivity contribution is 7.90. The molecular weight excluding hydrogens is 362 g/mol. The number of terminal acetylenes is 1. The topological polar surface area (TPSA) is 80.3 Å². The summed E-state index contributed by atoms with van der Waals surface area (Å²) >= 11 is 0. The molecule has 0 bridgehead atoms. The Morgan fingerprint density at radius 1 is 0.926 bits per heavy atom. The molecular formula is C21H21NO4S. The van der Waals surface area contributed by atoms with Gasteiger partial charge in [-0.3, -0.25) is 9.59 Å². The molecule has 0 fully saturated rings. The van der Waals surface area contributed by atoms with Crippen molar-refractivity contribution in [2.75, 3.05) is 17.4 Å². The molecule has 6 heteroatoms. The van der Waals surface area contributed by atoms with Gasteiger partial charge in [0, 0.05) is 30.3 Å². The Hall–Kier alpha value is -2.91. The number of nitrogens with one attached hydrogen (secondary N) is 1. The lowest BCUT2D eigenvalue weighted by Crippen LogP contribution is -2.13. The first-order valence-electron chi connectivity index (χ1n) is 8.34. The van der Waals surface area contributed by atoms with E-state index in [1.807, 2.05) is 0 Å². The van der Waals surface area contributed by atoms with Crippen molar-refractivity contribution in [2.24, 2.45) is 0 Å². The predicted octanol–water partition coefficient (Wildman–Crippen LogP) is 2.40. The van der Waals surface area contributed by atoms with Crippen molar-refractivity contribution in [1.29, 1.82) is 0 Å². The molecule has 0 aliphatic carbocycles. The molecule has 0 unspecified atom stereocenters. The molecule has 0 aliphatic heterocycles. The number of ketones is 2. The third-order valence-electron chi connectivity index (χ3n) is 3.81. The van der Waals surface area contributed by atoms with E-state index in [4.69, 9.17) is 6.42 Å². The number of hydrogen-bond acceptors (Lipinski definition) is 5. The molecule has 0 amide bonds. The number of anilines is 1. The van der Waals surface area contributed by atoms with E-state index in [9.17, 15) is 18.0 Å². The van der Waals surface area contributed by atoms with Crippen LogP contribution in [-0.2, 0) is 32.3 Å². The summed E-state index contributed by atoms with van der Waals surface area (Å²) in [6.45, 7) is 0. The van der Waals surface area contributed by atoms with E-state index in [0.29, 0.717) is 5.69 Å². The highest BCUT2D eigenvalue weighted by Gasteiger charge is 2.11. The molecule has 1 N–H and O–H groups in total. The zero-order valence-corrected chi connectivity index (χ0v) is 15.9. The van der Waals surface area contributed by atoms with Gasteiger partial charge in [-0.05, 0) is 35.4 Å². The second kappa shape index (κ2) is 9.15. The maximum absolute atomic E-state index is 12.1. The number of Topliss-reactive ketones (excluding diaryl/α,β-unsaturated/α-hetero) is 2. The average Bonchev–Trinajstić information content (AvgIpc) is 2.61. The molecule has 0 aliphatic rings. The number of hydrogen-bond donors (Lipinski definition) is 1. The molecule has 27 heavy (non-hydrogen) atoms. The van der Waals surface area contributed by atoms with Crippen LogP contribution in [0.5, 0.6) is 0 Å². The molecule has 0 spiro atoms. The Balaban J connectivity index is 1.83. The van der Waals surface area contributed by atoms with Gasteiger partial charge >= 0.3 is 0 Å². The molecule has 140 valence electrons. The van der Waals surface area contributed by atoms with Gasteiger partial charge in [0.1, 0.15) is 17.4 Å². The number of rotatable bonds is 9. The summed E-state index contributed by atoms with van der Waals surface area (Å²) in [4.78, 5) is 24.2. The molecule has 5 nitrogen and oxygen atoms in total.